The molecule has 3 aromatic rings. The van der Waals surface area contributed by atoms with Crippen molar-refractivity contribution in [2.75, 3.05) is 18.5 Å². The van der Waals surface area contributed by atoms with Gasteiger partial charge in [-0.15, -0.1) is 0 Å². The summed E-state index contributed by atoms with van der Waals surface area (Å²) in [6, 6.07) is 16.1. The fourth-order valence-corrected chi connectivity index (χ4v) is 2.28. The van der Waals surface area contributed by atoms with E-state index in [0.29, 0.717) is 16.9 Å². The molecule has 3 rings (SSSR count). The van der Waals surface area contributed by atoms with Crippen LogP contribution in [0.4, 0.5) is 5.69 Å². The Bertz CT molecular complexity index is 774. The summed E-state index contributed by atoms with van der Waals surface area (Å²) in [4.78, 5) is 12.5. The second-order valence-electron chi connectivity index (χ2n) is 5.27. The minimum atomic E-state index is -0.813. The Kier molecular flexibility index (Phi) is 4.41. The van der Waals surface area contributed by atoms with Crippen LogP contribution < -0.4 is 5.32 Å². The molecule has 0 saturated heterocycles. The number of furan rings is 1. The molecule has 23 heavy (non-hydrogen) atoms. The van der Waals surface area contributed by atoms with E-state index >= 15 is 0 Å². The number of para-hydroxylation sites is 1. The predicted octanol–water partition coefficient (Wildman–Crippen LogP) is 2.43. The van der Waals surface area contributed by atoms with Crippen LogP contribution in [-0.4, -0.2) is 35.3 Å². The lowest BCUT2D eigenvalue weighted by atomic mass is 10.1. The molecule has 1 atom stereocenters. The number of aliphatic hydroxyl groups is 2. The summed E-state index contributed by atoms with van der Waals surface area (Å²) in [5.74, 6) is 0.130. The molecule has 1 aromatic heterocycles. The van der Waals surface area contributed by atoms with Crippen molar-refractivity contribution in [3.63, 3.8) is 0 Å². The maximum absolute atomic E-state index is 12.5. The van der Waals surface area contributed by atoms with Crippen molar-refractivity contribution < 1.29 is 19.4 Å². The molecule has 3 N–H and O–H groups in total. The van der Waals surface area contributed by atoms with E-state index in [1.165, 1.54) is 0 Å². The van der Waals surface area contributed by atoms with Crippen molar-refractivity contribution >= 4 is 22.4 Å². The molecule has 0 amide bonds. The summed E-state index contributed by atoms with van der Waals surface area (Å²) in [5.41, 5.74) is 1.98. The fraction of sp³-hybridized carbons (Fsp3) is 0.167. The average Bonchev–Trinajstić information content (AvgIpc) is 3.03. The Morgan fingerprint density at radius 3 is 2.57 bits per heavy atom. The van der Waals surface area contributed by atoms with Gasteiger partial charge in [0.05, 0.1) is 12.7 Å². The van der Waals surface area contributed by atoms with Crippen LogP contribution in [0, 0.1) is 0 Å². The molecule has 5 nitrogen and oxygen atoms in total. The molecule has 2 aromatic carbocycles. The zero-order valence-corrected chi connectivity index (χ0v) is 12.4. The van der Waals surface area contributed by atoms with Crippen molar-refractivity contribution in [3.8, 4) is 0 Å². The quantitative estimate of drug-likeness (QED) is 0.609. The highest BCUT2D eigenvalue weighted by molar-refractivity contribution is 6.09. The number of ketones is 1. The largest absolute Gasteiger partial charge is 0.453 e. The van der Waals surface area contributed by atoms with E-state index in [2.05, 4.69) is 5.32 Å². The number of carbonyl (C=O) groups is 1. The van der Waals surface area contributed by atoms with E-state index < -0.39 is 6.10 Å². The lowest BCUT2D eigenvalue weighted by Gasteiger charge is -2.10. The number of hydrogen-bond acceptors (Lipinski definition) is 5. The van der Waals surface area contributed by atoms with Gasteiger partial charge in [-0.3, -0.25) is 4.79 Å². The first-order chi connectivity index (χ1) is 11.2. The maximum atomic E-state index is 12.5. The van der Waals surface area contributed by atoms with Crippen LogP contribution in [0.1, 0.15) is 16.1 Å². The lowest BCUT2D eigenvalue weighted by molar-refractivity contribution is 0.101. The molecule has 5 heteroatoms. The Labute approximate surface area is 133 Å². The second kappa shape index (κ2) is 6.64. The van der Waals surface area contributed by atoms with Crippen LogP contribution in [0.25, 0.3) is 11.0 Å². The maximum Gasteiger partial charge on any atom is 0.228 e. The fourth-order valence-electron chi connectivity index (χ4n) is 2.28. The summed E-state index contributed by atoms with van der Waals surface area (Å²) in [5, 5.41) is 21.9. The van der Waals surface area contributed by atoms with Crippen LogP contribution in [0.15, 0.2) is 59.0 Å². The number of benzene rings is 2. The molecule has 118 valence electrons. The minimum absolute atomic E-state index is 0.178. The van der Waals surface area contributed by atoms with Gasteiger partial charge < -0.3 is 19.9 Å². The predicted molar refractivity (Wildman–Crippen MR) is 87.7 cm³/mol. The van der Waals surface area contributed by atoms with E-state index in [-0.39, 0.29) is 18.9 Å². The molecule has 1 unspecified atom stereocenters. The van der Waals surface area contributed by atoms with Gasteiger partial charge >= 0.3 is 0 Å². The third-order valence-electron chi connectivity index (χ3n) is 3.55. The lowest BCUT2D eigenvalue weighted by Crippen LogP contribution is -2.22. The zero-order chi connectivity index (χ0) is 16.2. The van der Waals surface area contributed by atoms with Gasteiger partial charge in [0.1, 0.15) is 5.58 Å². The van der Waals surface area contributed by atoms with Crippen LogP contribution in [0.3, 0.4) is 0 Å². The minimum Gasteiger partial charge on any atom is -0.453 e. The average molecular weight is 311 g/mol. The third kappa shape index (κ3) is 3.41. The highest BCUT2D eigenvalue weighted by Gasteiger charge is 2.14. The van der Waals surface area contributed by atoms with E-state index in [0.717, 1.165) is 11.1 Å². The summed E-state index contributed by atoms with van der Waals surface area (Å²) in [6.07, 6.45) is -0.813. The van der Waals surface area contributed by atoms with Gasteiger partial charge in [0.25, 0.3) is 0 Å². The SMILES string of the molecule is O=C(c1ccc(NCC(O)CO)cc1)c1cc2ccccc2o1. The van der Waals surface area contributed by atoms with E-state index in [4.69, 9.17) is 9.52 Å². The van der Waals surface area contributed by atoms with Gasteiger partial charge in [0.2, 0.25) is 5.78 Å². The van der Waals surface area contributed by atoms with Crippen molar-refractivity contribution in [1.82, 2.24) is 0 Å². The molecule has 0 aliphatic carbocycles. The van der Waals surface area contributed by atoms with E-state index in [1.54, 1.807) is 30.3 Å². The van der Waals surface area contributed by atoms with Gasteiger partial charge in [-0.05, 0) is 36.4 Å². The standard InChI is InChI=1S/C18H17NO4/c20-11-15(21)10-19-14-7-5-12(6-8-14)18(22)17-9-13-3-1-2-4-16(13)23-17/h1-9,15,19-21H,10-11H2. The van der Waals surface area contributed by atoms with Crippen LogP contribution in [0.5, 0.6) is 0 Å². The Hall–Kier alpha value is -2.63. The smallest absolute Gasteiger partial charge is 0.228 e. The molecular weight excluding hydrogens is 294 g/mol. The van der Waals surface area contributed by atoms with Gasteiger partial charge in [-0.25, -0.2) is 0 Å². The Morgan fingerprint density at radius 2 is 1.87 bits per heavy atom. The Morgan fingerprint density at radius 1 is 1.13 bits per heavy atom. The summed E-state index contributed by atoms with van der Waals surface area (Å²) in [7, 11) is 0. The first-order valence-electron chi connectivity index (χ1n) is 7.33. The highest BCUT2D eigenvalue weighted by Crippen LogP contribution is 2.21. The number of aliphatic hydroxyl groups excluding tert-OH is 2. The molecule has 0 bridgehead atoms. The monoisotopic (exact) mass is 311 g/mol. The molecule has 0 radical (unpaired) electrons. The van der Waals surface area contributed by atoms with Crippen LogP contribution in [0.2, 0.25) is 0 Å². The van der Waals surface area contributed by atoms with Crippen molar-refractivity contribution in [3.05, 3.63) is 65.9 Å². The number of anilines is 1. The van der Waals surface area contributed by atoms with Gasteiger partial charge in [0, 0.05) is 23.2 Å². The summed E-state index contributed by atoms with van der Waals surface area (Å²) >= 11 is 0. The molecule has 0 aliphatic heterocycles. The topological polar surface area (TPSA) is 82.7 Å². The zero-order valence-electron chi connectivity index (χ0n) is 12.4. The van der Waals surface area contributed by atoms with Gasteiger partial charge in [-0.1, -0.05) is 18.2 Å². The van der Waals surface area contributed by atoms with Gasteiger partial charge in [-0.2, -0.15) is 0 Å². The normalized spacial score (nSPS) is 12.3. The number of rotatable bonds is 6. The van der Waals surface area contributed by atoms with Crippen molar-refractivity contribution in [2.45, 2.75) is 6.10 Å². The van der Waals surface area contributed by atoms with Crippen LogP contribution in [-0.2, 0) is 0 Å². The number of nitrogens with one attached hydrogen (secondary N) is 1. The van der Waals surface area contributed by atoms with Gasteiger partial charge in [0.15, 0.2) is 5.76 Å². The second-order valence-corrected chi connectivity index (χ2v) is 5.27. The number of hydrogen-bond donors (Lipinski definition) is 3. The first kappa shape index (κ1) is 15.3. The molecule has 0 aliphatic rings. The number of fused-ring (bicyclic) bond motifs is 1. The number of carbonyl (C=O) groups excluding carboxylic acids is 1. The van der Waals surface area contributed by atoms with E-state index in [1.807, 2.05) is 24.3 Å². The van der Waals surface area contributed by atoms with Crippen molar-refractivity contribution in [1.29, 1.82) is 0 Å². The third-order valence-corrected chi connectivity index (χ3v) is 3.55. The van der Waals surface area contributed by atoms with Crippen molar-refractivity contribution in [2.24, 2.45) is 0 Å². The summed E-state index contributed by atoms with van der Waals surface area (Å²) < 4.78 is 5.58. The Balaban J connectivity index is 1.74. The molecule has 0 fully saturated rings. The summed E-state index contributed by atoms with van der Waals surface area (Å²) in [6.45, 7) is -0.0526. The molecule has 0 spiro atoms. The van der Waals surface area contributed by atoms with E-state index in [9.17, 15) is 9.90 Å². The molecular formula is C18H17NO4. The molecule has 1 heterocycles. The highest BCUT2D eigenvalue weighted by atomic mass is 16.3. The molecule has 0 saturated carbocycles. The van der Waals surface area contributed by atoms with Crippen LogP contribution >= 0.6 is 0 Å². The first-order valence-corrected chi connectivity index (χ1v) is 7.33.